The van der Waals surface area contributed by atoms with Gasteiger partial charge in [-0.1, -0.05) is 13.8 Å². The smallest absolute Gasteiger partial charge is 0.0937 e. The molecule has 1 aromatic heterocycles. The van der Waals surface area contributed by atoms with E-state index >= 15 is 0 Å². The molecule has 0 spiro atoms. The SMILES string of the molecule is C[C@]12CC[C@H](OCCOCCN3CCCC3)C[C@H]1CC[C@@H]1[C@@H]2CC[C@]2(C)[C@@H](c3ccoc3)CC[C@@H]12. The van der Waals surface area contributed by atoms with Crippen LogP contribution in [0.15, 0.2) is 23.0 Å². The van der Waals surface area contributed by atoms with Gasteiger partial charge in [0.25, 0.3) is 0 Å². The number of fused-ring (bicyclic) bond motifs is 5. The molecule has 4 saturated carbocycles. The fourth-order valence-electron chi connectivity index (χ4n) is 9.97. The van der Waals surface area contributed by atoms with Crippen molar-refractivity contribution < 1.29 is 13.9 Å². The topological polar surface area (TPSA) is 34.8 Å². The average Bonchev–Trinajstić information content (AvgIpc) is 3.62. The molecule has 0 radical (unpaired) electrons. The lowest BCUT2D eigenvalue weighted by Gasteiger charge is -2.61. The molecule has 1 aromatic rings. The van der Waals surface area contributed by atoms with Crippen LogP contribution in [-0.4, -0.2) is 50.5 Å². The maximum absolute atomic E-state index is 6.38. The Labute approximate surface area is 213 Å². The minimum atomic E-state index is 0.456. The van der Waals surface area contributed by atoms with Gasteiger partial charge in [0, 0.05) is 6.54 Å². The van der Waals surface area contributed by atoms with Crippen LogP contribution in [0.2, 0.25) is 0 Å². The van der Waals surface area contributed by atoms with Crippen LogP contribution in [-0.2, 0) is 9.47 Å². The van der Waals surface area contributed by atoms with Gasteiger partial charge in [-0.15, -0.1) is 0 Å². The summed E-state index contributed by atoms with van der Waals surface area (Å²) in [6, 6.07) is 2.24. The summed E-state index contributed by atoms with van der Waals surface area (Å²) >= 11 is 0. The number of furan rings is 1. The maximum atomic E-state index is 6.38. The first-order valence-corrected chi connectivity index (χ1v) is 15.0. The molecular weight excluding hydrogens is 434 g/mol. The molecule has 196 valence electrons. The third kappa shape index (κ3) is 4.55. The minimum Gasteiger partial charge on any atom is -0.472 e. The van der Waals surface area contributed by atoms with E-state index < -0.39 is 0 Å². The molecule has 5 fully saturated rings. The summed E-state index contributed by atoms with van der Waals surface area (Å²) in [4.78, 5) is 2.52. The van der Waals surface area contributed by atoms with Gasteiger partial charge in [0.1, 0.15) is 0 Å². The molecule has 5 aliphatic rings. The van der Waals surface area contributed by atoms with Crippen molar-refractivity contribution in [2.24, 2.45) is 34.5 Å². The number of hydrogen-bond acceptors (Lipinski definition) is 4. The quantitative estimate of drug-likeness (QED) is 0.377. The summed E-state index contributed by atoms with van der Waals surface area (Å²) in [5.41, 5.74) is 2.47. The summed E-state index contributed by atoms with van der Waals surface area (Å²) in [6.45, 7) is 11.3. The molecule has 4 nitrogen and oxygen atoms in total. The molecule has 0 unspecified atom stereocenters. The van der Waals surface area contributed by atoms with Crippen LogP contribution in [0.3, 0.4) is 0 Å². The fourth-order valence-corrected chi connectivity index (χ4v) is 9.97. The van der Waals surface area contributed by atoms with Crippen molar-refractivity contribution in [1.29, 1.82) is 0 Å². The highest BCUT2D eigenvalue weighted by atomic mass is 16.5. The number of ether oxygens (including phenoxy) is 2. The molecule has 0 aromatic carbocycles. The zero-order chi connectivity index (χ0) is 23.9. The molecule has 1 aliphatic heterocycles. The largest absolute Gasteiger partial charge is 0.472 e. The van der Waals surface area contributed by atoms with E-state index in [1.165, 1.54) is 89.3 Å². The van der Waals surface area contributed by atoms with Crippen LogP contribution < -0.4 is 0 Å². The zero-order valence-corrected chi connectivity index (χ0v) is 22.4. The van der Waals surface area contributed by atoms with Crippen molar-refractivity contribution in [2.75, 3.05) is 39.5 Å². The van der Waals surface area contributed by atoms with Gasteiger partial charge in [0.05, 0.1) is 38.5 Å². The van der Waals surface area contributed by atoms with Crippen LogP contribution >= 0.6 is 0 Å². The van der Waals surface area contributed by atoms with Crippen molar-refractivity contribution >= 4 is 0 Å². The van der Waals surface area contributed by atoms with Crippen molar-refractivity contribution in [3.05, 3.63) is 24.2 Å². The second-order valence-corrected chi connectivity index (χ2v) is 13.3. The van der Waals surface area contributed by atoms with E-state index in [2.05, 4.69) is 24.8 Å². The van der Waals surface area contributed by atoms with Gasteiger partial charge in [0.15, 0.2) is 0 Å². The molecule has 4 aliphatic carbocycles. The summed E-state index contributed by atoms with van der Waals surface area (Å²) in [7, 11) is 0. The molecule has 2 heterocycles. The lowest BCUT2D eigenvalue weighted by atomic mass is 9.44. The summed E-state index contributed by atoms with van der Waals surface area (Å²) < 4.78 is 17.8. The molecule has 0 amide bonds. The van der Waals surface area contributed by atoms with Gasteiger partial charge in [-0.05, 0) is 136 Å². The number of hydrogen-bond donors (Lipinski definition) is 0. The molecule has 0 N–H and O–H groups in total. The highest BCUT2D eigenvalue weighted by Gasteiger charge is 2.60. The fraction of sp³-hybridized carbons (Fsp3) is 0.871. The van der Waals surface area contributed by atoms with E-state index in [0.717, 1.165) is 50.0 Å². The number of nitrogens with zero attached hydrogens (tertiary/aromatic N) is 1. The summed E-state index contributed by atoms with van der Waals surface area (Å²) in [5, 5.41) is 0. The van der Waals surface area contributed by atoms with E-state index in [9.17, 15) is 0 Å². The van der Waals surface area contributed by atoms with Gasteiger partial charge in [-0.2, -0.15) is 0 Å². The Morgan fingerprint density at radius 3 is 2.57 bits per heavy atom. The Kier molecular flexibility index (Phi) is 7.10. The van der Waals surface area contributed by atoms with Crippen LogP contribution in [0.25, 0.3) is 0 Å². The third-order valence-corrected chi connectivity index (χ3v) is 11.9. The van der Waals surface area contributed by atoms with Crippen LogP contribution in [0.1, 0.15) is 96.0 Å². The van der Waals surface area contributed by atoms with Gasteiger partial charge in [-0.3, -0.25) is 0 Å². The highest BCUT2D eigenvalue weighted by Crippen LogP contribution is 2.69. The second kappa shape index (κ2) is 10.1. The monoisotopic (exact) mass is 483 g/mol. The Morgan fingerprint density at radius 1 is 0.914 bits per heavy atom. The first kappa shape index (κ1) is 24.5. The molecule has 6 rings (SSSR count). The first-order valence-electron chi connectivity index (χ1n) is 15.0. The van der Waals surface area contributed by atoms with Gasteiger partial charge >= 0.3 is 0 Å². The predicted octanol–water partition coefficient (Wildman–Crippen LogP) is 6.90. The number of likely N-dealkylation sites (tertiary alicyclic amines) is 1. The van der Waals surface area contributed by atoms with Crippen LogP contribution in [0.5, 0.6) is 0 Å². The molecule has 0 bridgehead atoms. The van der Waals surface area contributed by atoms with Crippen LogP contribution in [0, 0.1) is 34.5 Å². The highest BCUT2D eigenvalue weighted by molar-refractivity contribution is 5.22. The van der Waals surface area contributed by atoms with E-state index in [0.29, 0.717) is 22.9 Å². The summed E-state index contributed by atoms with van der Waals surface area (Å²) in [6.07, 6.45) is 19.5. The van der Waals surface area contributed by atoms with E-state index in [-0.39, 0.29) is 0 Å². The molecule has 1 saturated heterocycles. The van der Waals surface area contributed by atoms with Gasteiger partial charge in [0.2, 0.25) is 0 Å². The van der Waals surface area contributed by atoms with Crippen molar-refractivity contribution in [2.45, 2.75) is 96.5 Å². The lowest BCUT2D eigenvalue weighted by Crippen LogP contribution is -2.53. The zero-order valence-electron chi connectivity index (χ0n) is 22.4. The van der Waals surface area contributed by atoms with E-state index in [4.69, 9.17) is 13.9 Å². The minimum absolute atomic E-state index is 0.456. The number of rotatable bonds is 8. The third-order valence-electron chi connectivity index (χ3n) is 11.9. The standard InChI is InChI=1S/C31H49NO3/c1-30-12-9-25(35-20-19-33-18-16-32-14-3-4-15-32)21-24(30)5-6-26-28-8-7-27(23-11-17-34-22-23)31(28,2)13-10-29(26)30/h11,17,22,24-29H,3-10,12-16,18-21H2,1-2H3/t24-,25+,26+,27-,28+,29+,30+,31-/m1/s1. The first-order chi connectivity index (χ1) is 17.1. The molecular formula is C31H49NO3. The van der Waals surface area contributed by atoms with E-state index in [1.54, 1.807) is 0 Å². The Morgan fingerprint density at radius 2 is 1.74 bits per heavy atom. The second-order valence-electron chi connectivity index (χ2n) is 13.3. The maximum Gasteiger partial charge on any atom is 0.0937 e. The van der Waals surface area contributed by atoms with Gasteiger partial charge < -0.3 is 18.8 Å². The molecule has 8 atom stereocenters. The van der Waals surface area contributed by atoms with Gasteiger partial charge in [-0.25, -0.2) is 0 Å². The Balaban J connectivity index is 1.00. The Hall–Kier alpha value is -0.840. The van der Waals surface area contributed by atoms with E-state index in [1.807, 2.05) is 12.5 Å². The molecule has 35 heavy (non-hydrogen) atoms. The normalized spacial score (nSPS) is 43.6. The lowest BCUT2D eigenvalue weighted by molar-refractivity contribution is -0.133. The molecule has 4 heteroatoms. The van der Waals surface area contributed by atoms with Crippen LogP contribution in [0.4, 0.5) is 0 Å². The average molecular weight is 484 g/mol. The predicted molar refractivity (Wildman–Crippen MR) is 139 cm³/mol. The van der Waals surface area contributed by atoms with Crippen molar-refractivity contribution in [3.8, 4) is 0 Å². The summed E-state index contributed by atoms with van der Waals surface area (Å²) in [5.74, 6) is 4.34. The Bertz CT molecular complexity index is 819. The van der Waals surface area contributed by atoms with Crippen molar-refractivity contribution in [1.82, 2.24) is 4.90 Å². The van der Waals surface area contributed by atoms with Crippen molar-refractivity contribution in [3.63, 3.8) is 0 Å².